The summed E-state index contributed by atoms with van der Waals surface area (Å²) in [7, 11) is 0. The molecule has 0 aromatic heterocycles. The van der Waals surface area contributed by atoms with Crippen molar-refractivity contribution in [3.05, 3.63) is 71.8 Å². The largest absolute Gasteiger partial charge is 0.494 e. The molecular formula is C25H30N2O3. The van der Waals surface area contributed by atoms with Crippen molar-refractivity contribution in [2.45, 2.75) is 26.2 Å². The van der Waals surface area contributed by atoms with Gasteiger partial charge in [-0.05, 0) is 49.1 Å². The van der Waals surface area contributed by atoms with E-state index in [1.807, 2.05) is 60.4 Å². The lowest BCUT2D eigenvalue weighted by atomic mass is 10.1. The molecule has 2 aromatic carbocycles. The molecule has 0 spiro atoms. The summed E-state index contributed by atoms with van der Waals surface area (Å²) in [4.78, 5) is 28.6. The molecule has 5 heteroatoms. The highest BCUT2D eigenvalue weighted by Crippen LogP contribution is 2.14. The second-order valence-electron chi connectivity index (χ2n) is 7.38. The van der Waals surface area contributed by atoms with E-state index in [4.69, 9.17) is 4.74 Å². The summed E-state index contributed by atoms with van der Waals surface area (Å²) >= 11 is 0. The van der Waals surface area contributed by atoms with E-state index < -0.39 is 0 Å². The summed E-state index contributed by atoms with van der Waals surface area (Å²) < 4.78 is 5.43. The fourth-order valence-electron chi connectivity index (χ4n) is 3.54. The number of hydrogen-bond acceptors (Lipinski definition) is 3. The van der Waals surface area contributed by atoms with Crippen LogP contribution in [-0.4, -0.2) is 54.4 Å². The average molecular weight is 407 g/mol. The van der Waals surface area contributed by atoms with Crippen molar-refractivity contribution >= 4 is 17.9 Å². The minimum atomic E-state index is -0.0138. The third-order valence-electron chi connectivity index (χ3n) is 5.25. The van der Waals surface area contributed by atoms with Crippen molar-refractivity contribution in [3.8, 4) is 5.75 Å². The van der Waals surface area contributed by atoms with Gasteiger partial charge in [0, 0.05) is 38.7 Å². The molecule has 0 bridgehead atoms. The minimum absolute atomic E-state index is 0.0138. The van der Waals surface area contributed by atoms with Gasteiger partial charge in [0.05, 0.1) is 6.61 Å². The van der Waals surface area contributed by atoms with E-state index in [1.165, 1.54) is 5.56 Å². The quantitative estimate of drug-likeness (QED) is 0.627. The minimum Gasteiger partial charge on any atom is -0.494 e. The Labute approximate surface area is 178 Å². The number of carbonyl (C=O) groups excluding carboxylic acids is 2. The van der Waals surface area contributed by atoms with Gasteiger partial charge in [-0.2, -0.15) is 0 Å². The SMILES string of the molecule is CCOc1ccc(/C=C/C(=O)N2CCN(C(=O)CCCc3ccccc3)CC2)cc1. The van der Waals surface area contributed by atoms with Crippen LogP contribution >= 0.6 is 0 Å². The van der Waals surface area contributed by atoms with Crippen LogP contribution in [0, 0.1) is 0 Å². The molecule has 158 valence electrons. The fraction of sp³-hybridized carbons (Fsp3) is 0.360. The highest BCUT2D eigenvalue weighted by molar-refractivity contribution is 5.92. The molecule has 0 saturated carbocycles. The van der Waals surface area contributed by atoms with E-state index in [2.05, 4.69) is 12.1 Å². The number of rotatable bonds is 8. The monoisotopic (exact) mass is 406 g/mol. The van der Waals surface area contributed by atoms with Crippen LogP contribution < -0.4 is 4.74 Å². The summed E-state index contributed by atoms with van der Waals surface area (Å²) in [6, 6.07) is 17.9. The summed E-state index contributed by atoms with van der Waals surface area (Å²) in [5.41, 5.74) is 2.22. The number of nitrogens with zero attached hydrogens (tertiary/aromatic N) is 2. The second-order valence-corrected chi connectivity index (χ2v) is 7.38. The third kappa shape index (κ3) is 6.48. The van der Waals surface area contributed by atoms with Gasteiger partial charge in [0.15, 0.2) is 0 Å². The molecule has 0 unspecified atom stereocenters. The number of amides is 2. The first-order valence-corrected chi connectivity index (χ1v) is 10.7. The first-order chi connectivity index (χ1) is 14.7. The predicted molar refractivity (Wildman–Crippen MR) is 119 cm³/mol. The van der Waals surface area contributed by atoms with Gasteiger partial charge in [-0.1, -0.05) is 42.5 Å². The Kier molecular flexibility index (Phi) is 8.07. The Morgan fingerprint density at radius 1 is 0.933 bits per heavy atom. The van der Waals surface area contributed by atoms with E-state index >= 15 is 0 Å². The lowest BCUT2D eigenvalue weighted by Gasteiger charge is -2.34. The molecule has 1 saturated heterocycles. The molecule has 0 atom stereocenters. The molecule has 1 aliphatic heterocycles. The fourth-order valence-corrected chi connectivity index (χ4v) is 3.54. The van der Waals surface area contributed by atoms with Crippen LogP contribution in [0.1, 0.15) is 30.9 Å². The number of hydrogen-bond donors (Lipinski definition) is 0. The van der Waals surface area contributed by atoms with E-state index in [1.54, 1.807) is 11.0 Å². The van der Waals surface area contributed by atoms with Crippen LogP contribution in [0.3, 0.4) is 0 Å². The standard InChI is InChI=1S/C25H30N2O3/c1-2-30-23-14-11-22(12-15-23)13-16-25(29)27-19-17-26(18-20-27)24(28)10-6-9-21-7-4-3-5-8-21/h3-5,7-8,11-16H,2,6,9-10,17-20H2,1H3/b16-13+. The van der Waals surface area contributed by atoms with Crippen LogP contribution in [0.2, 0.25) is 0 Å². The topological polar surface area (TPSA) is 49.9 Å². The summed E-state index contributed by atoms with van der Waals surface area (Å²) in [6.45, 7) is 4.95. The number of benzene rings is 2. The smallest absolute Gasteiger partial charge is 0.246 e. The molecular weight excluding hydrogens is 376 g/mol. The van der Waals surface area contributed by atoms with Crippen molar-refractivity contribution < 1.29 is 14.3 Å². The normalized spacial score (nSPS) is 14.2. The predicted octanol–water partition coefficient (Wildman–Crippen LogP) is 3.79. The zero-order chi connectivity index (χ0) is 21.2. The Hall–Kier alpha value is -3.08. The summed E-state index contributed by atoms with van der Waals surface area (Å²) in [6.07, 6.45) is 5.75. The van der Waals surface area contributed by atoms with E-state index in [0.29, 0.717) is 39.2 Å². The highest BCUT2D eigenvalue weighted by Gasteiger charge is 2.22. The van der Waals surface area contributed by atoms with Crippen LogP contribution in [0.5, 0.6) is 5.75 Å². The van der Waals surface area contributed by atoms with Gasteiger partial charge in [0.2, 0.25) is 11.8 Å². The highest BCUT2D eigenvalue weighted by atomic mass is 16.5. The van der Waals surface area contributed by atoms with Gasteiger partial charge in [0.1, 0.15) is 5.75 Å². The zero-order valence-electron chi connectivity index (χ0n) is 17.6. The maximum Gasteiger partial charge on any atom is 0.246 e. The van der Waals surface area contributed by atoms with Gasteiger partial charge in [-0.3, -0.25) is 9.59 Å². The van der Waals surface area contributed by atoms with Gasteiger partial charge in [-0.15, -0.1) is 0 Å². The zero-order valence-corrected chi connectivity index (χ0v) is 17.6. The molecule has 5 nitrogen and oxygen atoms in total. The third-order valence-corrected chi connectivity index (χ3v) is 5.25. The van der Waals surface area contributed by atoms with Gasteiger partial charge in [-0.25, -0.2) is 0 Å². The maximum absolute atomic E-state index is 12.5. The molecule has 0 aliphatic carbocycles. The number of aryl methyl sites for hydroxylation is 1. The molecule has 1 fully saturated rings. The molecule has 1 aliphatic rings. The summed E-state index contributed by atoms with van der Waals surface area (Å²) in [5, 5.41) is 0. The Morgan fingerprint density at radius 3 is 2.27 bits per heavy atom. The maximum atomic E-state index is 12.5. The van der Waals surface area contributed by atoms with Crippen molar-refractivity contribution in [2.75, 3.05) is 32.8 Å². The first-order valence-electron chi connectivity index (χ1n) is 10.7. The lowest BCUT2D eigenvalue weighted by Crippen LogP contribution is -2.50. The van der Waals surface area contributed by atoms with Crippen LogP contribution in [0.15, 0.2) is 60.7 Å². The van der Waals surface area contributed by atoms with Gasteiger partial charge >= 0.3 is 0 Å². The molecule has 30 heavy (non-hydrogen) atoms. The van der Waals surface area contributed by atoms with E-state index in [9.17, 15) is 9.59 Å². The summed E-state index contributed by atoms with van der Waals surface area (Å²) in [5.74, 6) is 0.994. The number of carbonyl (C=O) groups is 2. The van der Waals surface area contributed by atoms with Crippen LogP contribution in [0.4, 0.5) is 0 Å². The van der Waals surface area contributed by atoms with Crippen molar-refractivity contribution in [1.82, 2.24) is 9.80 Å². The van der Waals surface area contributed by atoms with Crippen molar-refractivity contribution in [3.63, 3.8) is 0 Å². The average Bonchev–Trinajstić information content (AvgIpc) is 2.79. The molecule has 2 amide bonds. The molecule has 3 rings (SSSR count). The van der Waals surface area contributed by atoms with E-state index in [-0.39, 0.29) is 11.8 Å². The molecule has 1 heterocycles. The Balaban J connectivity index is 1.39. The van der Waals surface area contributed by atoms with Crippen LogP contribution in [-0.2, 0) is 16.0 Å². The second kappa shape index (κ2) is 11.2. The van der Waals surface area contributed by atoms with E-state index in [0.717, 1.165) is 24.2 Å². The first kappa shape index (κ1) is 21.6. The number of ether oxygens (including phenoxy) is 1. The van der Waals surface area contributed by atoms with Gasteiger partial charge in [0.25, 0.3) is 0 Å². The number of piperazine rings is 1. The van der Waals surface area contributed by atoms with Crippen molar-refractivity contribution in [1.29, 1.82) is 0 Å². The molecule has 2 aromatic rings. The molecule has 0 radical (unpaired) electrons. The lowest BCUT2D eigenvalue weighted by molar-refractivity contribution is -0.137. The Bertz CT molecular complexity index is 838. The van der Waals surface area contributed by atoms with Gasteiger partial charge < -0.3 is 14.5 Å². The molecule has 0 N–H and O–H groups in total. The Morgan fingerprint density at radius 2 is 1.60 bits per heavy atom. The van der Waals surface area contributed by atoms with Crippen LogP contribution in [0.25, 0.3) is 6.08 Å². The van der Waals surface area contributed by atoms with Crippen molar-refractivity contribution in [2.24, 2.45) is 0 Å².